The molecule has 1 aromatic rings. The van der Waals surface area contributed by atoms with Crippen molar-refractivity contribution in [1.29, 1.82) is 0 Å². The average molecular weight is 449 g/mol. The molecule has 33 heavy (non-hydrogen) atoms. The first kappa shape index (κ1) is 24.3. The van der Waals surface area contributed by atoms with Gasteiger partial charge in [0.1, 0.15) is 11.9 Å². The van der Waals surface area contributed by atoms with Crippen molar-refractivity contribution in [3.8, 4) is 5.75 Å². The summed E-state index contributed by atoms with van der Waals surface area (Å²) in [4.78, 5) is 5.17. The first-order valence-electron chi connectivity index (χ1n) is 13.2. The Kier molecular flexibility index (Phi) is 8.49. The van der Waals surface area contributed by atoms with E-state index < -0.39 is 0 Å². The summed E-state index contributed by atoms with van der Waals surface area (Å²) in [6.07, 6.45) is 20.2. The highest BCUT2D eigenvalue weighted by atomic mass is 16.5. The van der Waals surface area contributed by atoms with Gasteiger partial charge in [0.25, 0.3) is 0 Å². The van der Waals surface area contributed by atoms with Crippen LogP contribution in [0.2, 0.25) is 0 Å². The van der Waals surface area contributed by atoms with Crippen LogP contribution in [-0.4, -0.2) is 55.7 Å². The van der Waals surface area contributed by atoms with Crippen LogP contribution in [0.15, 0.2) is 60.2 Å². The van der Waals surface area contributed by atoms with E-state index in [0.717, 1.165) is 12.2 Å². The SMILES string of the molecule is C[C@H](Oc1ccc(C(CN2CCN(C)CC2)C2(C)CCCCCC2)cc1)C1=CC=CCC=C1. The lowest BCUT2D eigenvalue weighted by molar-refractivity contribution is 0.109. The van der Waals surface area contributed by atoms with Crippen molar-refractivity contribution in [2.45, 2.75) is 70.8 Å². The smallest absolute Gasteiger partial charge is 0.121 e. The molecule has 4 rings (SSSR count). The van der Waals surface area contributed by atoms with E-state index in [2.05, 4.69) is 85.3 Å². The lowest BCUT2D eigenvalue weighted by atomic mass is 9.68. The molecule has 1 saturated carbocycles. The molecule has 0 spiro atoms. The van der Waals surface area contributed by atoms with Crippen molar-refractivity contribution < 1.29 is 4.74 Å². The summed E-state index contributed by atoms with van der Waals surface area (Å²) < 4.78 is 6.33. The van der Waals surface area contributed by atoms with Crippen molar-refractivity contribution in [2.24, 2.45) is 5.41 Å². The van der Waals surface area contributed by atoms with Crippen molar-refractivity contribution in [2.75, 3.05) is 39.8 Å². The highest BCUT2D eigenvalue weighted by molar-refractivity contribution is 5.34. The highest BCUT2D eigenvalue weighted by Crippen LogP contribution is 2.46. The van der Waals surface area contributed by atoms with Gasteiger partial charge in [-0.25, -0.2) is 0 Å². The van der Waals surface area contributed by atoms with Crippen LogP contribution in [0.5, 0.6) is 5.75 Å². The van der Waals surface area contributed by atoms with Crippen LogP contribution < -0.4 is 4.74 Å². The Morgan fingerprint density at radius 2 is 1.64 bits per heavy atom. The van der Waals surface area contributed by atoms with E-state index >= 15 is 0 Å². The van der Waals surface area contributed by atoms with Gasteiger partial charge in [0.2, 0.25) is 0 Å². The normalized spacial score (nSPS) is 23.9. The monoisotopic (exact) mass is 448 g/mol. The van der Waals surface area contributed by atoms with E-state index in [1.807, 2.05) is 0 Å². The molecule has 3 aliphatic rings. The second-order valence-electron chi connectivity index (χ2n) is 10.8. The second-order valence-corrected chi connectivity index (χ2v) is 10.8. The molecule has 1 unspecified atom stereocenters. The number of allylic oxidation sites excluding steroid dienone is 4. The van der Waals surface area contributed by atoms with Gasteiger partial charge in [-0.3, -0.25) is 0 Å². The minimum atomic E-state index is 0.0513. The molecule has 1 aliphatic heterocycles. The van der Waals surface area contributed by atoms with Crippen LogP contribution in [0.1, 0.15) is 70.3 Å². The first-order chi connectivity index (χ1) is 16.0. The van der Waals surface area contributed by atoms with Gasteiger partial charge in [-0.2, -0.15) is 0 Å². The summed E-state index contributed by atoms with van der Waals surface area (Å²) in [6, 6.07) is 9.13. The van der Waals surface area contributed by atoms with Crippen molar-refractivity contribution in [3.05, 3.63) is 65.8 Å². The maximum Gasteiger partial charge on any atom is 0.121 e. The molecule has 1 heterocycles. The van der Waals surface area contributed by atoms with Gasteiger partial charge in [0.15, 0.2) is 0 Å². The van der Waals surface area contributed by atoms with Gasteiger partial charge < -0.3 is 14.5 Å². The topological polar surface area (TPSA) is 15.7 Å². The van der Waals surface area contributed by atoms with Crippen LogP contribution in [0.25, 0.3) is 0 Å². The van der Waals surface area contributed by atoms with Gasteiger partial charge in [0.05, 0.1) is 0 Å². The molecule has 2 aliphatic carbocycles. The number of hydrogen-bond acceptors (Lipinski definition) is 3. The Bertz CT molecular complexity index is 821. The lowest BCUT2D eigenvalue weighted by Crippen LogP contribution is -2.47. The zero-order valence-corrected chi connectivity index (χ0v) is 21.1. The molecular weight excluding hydrogens is 404 g/mol. The van der Waals surface area contributed by atoms with Crippen LogP contribution in [-0.2, 0) is 0 Å². The van der Waals surface area contributed by atoms with Crippen molar-refractivity contribution >= 4 is 0 Å². The summed E-state index contributed by atoms with van der Waals surface area (Å²) in [5, 5.41) is 0. The average Bonchev–Trinajstić information content (AvgIpc) is 3.23. The summed E-state index contributed by atoms with van der Waals surface area (Å²) in [5.74, 6) is 1.56. The van der Waals surface area contributed by atoms with Gasteiger partial charge in [-0.1, -0.05) is 75.1 Å². The van der Waals surface area contributed by atoms with E-state index in [0.29, 0.717) is 11.3 Å². The molecule has 0 radical (unpaired) electrons. The fourth-order valence-electron chi connectivity index (χ4n) is 5.82. The lowest BCUT2D eigenvalue weighted by Gasteiger charge is -2.42. The Morgan fingerprint density at radius 3 is 2.33 bits per heavy atom. The largest absolute Gasteiger partial charge is 0.486 e. The summed E-state index contributed by atoms with van der Waals surface area (Å²) in [5.41, 5.74) is 3.11. The van der Waals surface area contributed by atoms with Gasteiger partial charge in [0, 0.05) is 38.6 Å². The van der Waals surface area contributed by atoms with E-state index in [9.17, 15) is 0 Å². The van der Waals surface area contributed by atoms with E-state index in [1.165, 1.54) is 82.4 Å². The quantitative estimate of drug-likeness (QED) is 0.438. The molecule has 3 nitrogen and oxygen atoms in total. The highest BCUT2D eigenvalue weighted by Gasteiger charge is 2.37. The number of ether oxygens (including phenoxy) is 1. The first-order valence-corrected chi connectivity index (χ1v) is 13.2. The third kappa shape index (κ3) is 6.61. The maximum atomic E-state index is 6.33. The van der Waals surface area contributed by atoms with Crippen LogP contribution in [0.4, 0.5) is 0 Å². The molecule has 180 valence electrons. The molecular formula is C30H44N2O. The molecule has 2 fully saturated rings. The van der Waals surface area contributed by atoms with Crippen LogP contribution in [0, 0.1) is 5.41 Å². The predicted molar refractivity (Wildman–Crippen MR) is 140 cm³/mol. The molecule has 1 saturated heterocycles. The Labute approximate surface area is 202 Å². The number of nitrogens with zero attached hydrogens (tertiary/aromatic N) is 2. The molecule has 3 heteroatoms. The molecule has 2 atom stereocenters. The summed E-state index contributed by atoms with van der Waals surface area (Å²) >= 11 is 0. The number of piperazine rings is 1. The van der Waals surface area contributed by atoms with Crippen LogP contribution in [0.3, 0.4) is 0 Å². The summed E-state index contributed by atoms with van der Waals surface area (Å²) in [7, 11) is 2.25. The number of likely N-dealkylation sites (N-methyl/N-ethyl adjacent to an activating group) is 1. The van der Waals surface area contributed by atoms with E-state index in [1.54, 1.807) is 0 Å². The Balaban J connectivity index is 1.49. The fourth-order valence-corrected chi connectivity index (χ4v) is 5.82. The van der Waals surface area contributed by atoms with E-state index in [-0.39, 0.29) is 6.10 Å². The molecule has 1 aromatic carbocycles. The van der Waals surface area contributed by atoms with Gasteiger partial charge >= 0.3 is 0 Å². The second kappa shape index (κ2) is 11.5. The number of rotatable bonds is 7. The van der Waals surface area contributed by atoms with Gasteiger partial charge in [-0.15, -0.1) is 0 Å². The Morgan fingerprint density at radius 1 is 0.939 bits per heavy atom. The molecule has 0 bridgehead atoms. The third-order valence-electron chi connectivity index (χ3n) is 8.20. The van der Waals surface area contributed by atoms with Gasteiger partial charge in [-0.05, 0) is 61.9 Å². The maximum absolute atomic E-state index is 6.33. The predicted octanol–water partition coefficient (Wildman–Crippen LogP) is 6.59. The Hall–Kier alpha value is -1.84. The minimum absolute atomic E-state index is 0.0513. The van der Waals surface area contributed by atoms with Crippen LogP contribution >= 0.6 is 0 Å². The fraction of sp³-hybridized carbons (Fsp3) is 0.600. The number of hydrogen-bond donors (Lipinski definition) is 0. The third-order valence-corrected chi connectivity index (χ3v) is 8.20. The molecule has 0 aromatic heterocycles. The standard InChI is InChI=1S/C30H44N2O/c1-25(26-12-8-4-5-9-13-26)33-28-16-14-27(15-17-28)29(24-32-22-20-31(3)21-23-32)30(2)18-10-6-7-11-19-30/h4,8-9,12-17,25,29H,5-7,10-11,18-24H2,1-3H3/t25-,29?/m0/s1. The molecule has 0 amide bonds. The van der Waals surface area contributed by atoms with E-state index in [4.69, 9.17) is 4.74 Å². The number of benzene rings is 1. The minimum Gasteiger partial charge on any atom is -0.486 e. The van der Waals surface area contributed by atoms with Crippen molar-refractivity contribution in [3.63, 3.8) is 0 Å². The summed E-state index contributed by atoms with van der Waals surface area (Å²) in [6.45, 7) is 10.7. The molecule has 0 N–H and O–H groups in total. The zero-order chi connectivity index (χ0) is 23.1. The van der Waals surface area contributed by atoms with Crippen molar-refractivity contribution in [1.82, 2.24) is 9.80 Å². The zero-order valence-electron chi connectivity index (χ0n) is 21.1.